The predicted molar refractivity (Wildman–Crippen MR) is 356 cm³/mol. The number of carbonyl (C=O) groups excluding carboxylic acids is 2. The molecule has 0 radical (unpaired) electrons. The van der Waals surface area contributed by atoms with Crippen molar-refractivity contribution in [1.29, 1.82) is 0 Å². The number of unbranched alkanes of at least 4 members (excludes halogenated alkanes) is 52. The van der Waals surface area contributed by atoms with Crippen molar-refractivity contribution in [1.82, 2.24) is 5.32 Å². The third-order valence-electron chi connectivity index (χ3n) is 17.2. The number of nitrogens with one attached hydrogen (secondary N) is 1. The van der Waals surface area contributed by atoms with Gasteiger partial charge in [-0.25, -0.2) is 0 Å². The maximum atomic E-state index is 12.6. The van der Waals surface area contributed by atoms with Crippen LogP contribution in [0.3, 0.4) is 0 Å². The fourth-order valence-electron chi connectivity index (χ4n) is 11.6. The molecule has 2 atom stereocenters. The van der Waals surface area contributed by atoms with E-state index in [4.69, 9.17) is 4.74 Å². The summed E-state index contributed by atoms with van der Waals surface area (Å²) in [6, 6.07) is -0.544. The van der Waals surface area contributed by atoms with Crippen LogP contribution in [0.1, 0.15) is 406 Å². The number of aliphatic hydroxyl groups is 2. The number of aliphatic hydroxyl groups excluding tert-OH is 2. The van der Waals surface area contributed by atoms with E-state index >= 15 is 0 Å². The summed E-state index contributed by atoms with van der Waals surface area (Å²) in [6.07, 6.45) is 90.6. The number of hydrogen-bond donors (Lipinski definition) is 3. The van der Waals surface area contributed by atoms with Gasteiger partial charge in [-0.1, -0.05) is 346 Å². The quantitative estimate of drug-likeness (QED) is 0.0320. The molecule has 0 spiro atoms. The molecule has 478 valence electrons. The summed E-state index contributed by atoms with van der Waals surface area (Å²) in [4.78, 5) is 24.6. The van der Waals surface area contributed by atoms with Crippen molar-refractivity contribution in [3.05, 3.63) is 36.5 Å². The predicted octanol–water partition coefficient (Wildman–Crippen LogP) is 23.9. The summed E-state index contributed by atoms with van der Waals surface area (Å²) >= 11 is 0. The van der Waals surface area contributed by atoms with Crippen molar-refractivity contribution in [3.63, 3.8) is 0 Å². The third-order valence-corrected chi connectivity index (χ3v) is 17.2. The normalized spacial score (nSPS) is 12.7. The van der Waals surface area contributed by atoms with Crippen LogP contribution in [-0.4, -0.2) is 47.4 Å². The molecule has 0 rings (SSSR count). The van der Waals surface area contributed by atoms with E-state index < -0.39 is 12.1 Å². The SMILES string of the molecule is CCCCC/C=C\C/C=C\CCCCCCCC(=O)OCCCCCCCCCCCCCC/C=C\CCCCCCCCCCCCCC(=O)NC(CO)C(O)CCCCCCCCCCCCCCCCCCCCCCCC. The molecular weight excluding hydrogens is 995 g/mol. The van der Waals surface area contributed by atoms with Crippen LogP contribution in [0.5, 0.6) is 0 Å². The van der Waals surface area contributed by atoms with Crippen molar-refractivity contribution in [2.24, 2.45) is 0 Å². The van der Waals surface area contributed by atoms with Crippen molar-refractivity contribution in [2.45, 2.75) is 418 Å². The number of amides is 1. The molecular formula is C75H143NO5. The average molecular weight is 1140 g/mol. The first-order valence-corrected chi connectivity index (χ1v) is 36.7. The summed E-state index contributed by atoms with van der Waals surface area (Å²) in [5.74, 6) is -0.0298. The van der Waals surface area contributed by atoms with Crippen LogP contribution in [0.4, 0.5) is 0 Å². The van der Waals surface area contributed by atoms with Crippen molar-refractivity contribution < 1.29 is 24.5 Å². The van der Waals surface area contributed by atoms with E-state index in [0.717, 1.165) is 51.4 Å². The Bertz CT molecular complexity index is 1310. The zero-order valence-electron chi connectivity index (χ0n) is 54.8. The minimum Gasteiger partial charge on any atom is -0.466 e. The highest BCUT2D eigenvalue weighted by atomic mass is 16.5. The van der Waals surface area contributed by atoms with Gasteiger partial charge in [-0.3, -0.25) is 9.59 Å². The zero-order valence-corrected chi connectivity index (χ0v) is 54.8. The summed E-state index contributed by atoms with van der Waals surface area (Å²) in [5.41, 5.74) is 0. The minimum absolute atomic E-state index is 0.00169. The highest BCUT2D eigenvalue weighted by molar-refractivity contribution is 5.76. The lowest BCUT2D eigenvalue weighted by atomic mass is 10.0. The van der Waals surface area contributed by atoms with Crippen molar-refractivity contribution >= 4 is 11.9 Å². The Kier molecular flexibility index (Phi) is 68.9. The van der Waals surface area contributed by atoms with E-state index in [2.05, 4.69) is 55.6 Å². The van der Waals surface area contributed by atoms with Crippen LogP contribution in [0.2, 0.25) is 0 Å². The van der Waals surface area contributed by atoms with Gasteiger partial charge in [-0.2, -0.15) is 0 Å². The largest absolute Gasteiger partial charge is 0.466 e. The maximum Gasteiger partial charge on any atom is 0.305 e. The Hall–Kier alpha value is -1.92. The molecule has 0 aromatic heterocycles. The Balaban J connectivity index is 3.39. The van der Waals surface area contributed by atoms with Crippen LogP contribution in [0.15, 0.2) is 36.5 Å². The van der Waals surface area contributed by atoms with E-state index in [1.807, 2.05) is 0 Å². The van der Waals surface area contributed by atoms with Crippen LogP contribution in [0.25, 0.3) is 0 Å². The van der Waals surface area contributed by atoms with Crippen LogP contribution >= 0.6 is 0 Å². The van der Waals surface area contributed by atoms with E-state index in [-0.39, 0.29) is 18.5 Å². The minimum atomic E-state index is -0.666. The first-order valence-electron chi connectivity index (χ1n) is 36.7. The standard InChI is InChI=1S/C75H143NO5/c1-3-5-7-9-11-13-15-17-19-20-21-22-30-33-36-40-43-47-51-55-59-63-67-73(78)72(71-77)76-74(79)68-64-60-56-52-48-44-41-37-34-31-28-26-24-23-25-27-29-32-35-38-42-46-50-54-58-62-66-70-81-75(80)69-65-61-57-53-49-45-39-18-16-14-12-10-8-6-4-2/h12,14,18,23-24,39,72-73,77-78H,3-11,13,15-17,19-22,25-38,40-71H2,1-2H3,(H,76,79)/b14-12-,24-23-,39-18-. The van der Waals surface area contributed by atoms with Gasteiger partial charge in [0.1, 0.15) is 0 Å². The Morgan fingerprint density at radius 3 is 0.975 bits per heavy atom. The molecule has 81 heavy (non-hydrogen) atoms. The van der Waals surface area contributed by atoms with Gasteiger partial charge in [-0.05, 0) is 83.5 Å². The van der Waals surface area contributed by atoms with Crippen molar-refractivity contribution in [3.8, 4) is 0 Å². The van der Waals surface area contributed by atoms with Gasteiger partial charge in [0.2, 0.25) is 5.91 Å². The second kappa shape index (κ2) is 70.6. The van der Waals surface area contributed by atoms with Gasteiger partial charge >= 0.3 is 5.97 Å². The summed E-state index contributed by atoms with van der Waals surface area (Å²) in [6.45, 7) is 4.96. The van der Waals surface area contributed by atoms with Gasteiger partial charge in [-0.15, -0.1) is 0 Å². The van der Waals surface area contributed by atoms with Crippen LogP contribution in [0, 0.1) is 0 Å². The molecule has 0 aromatic rings. The third kappa shape index (κ3) is 67.1. The molecule has 0 heterocycles. The molecule has 3 N–H and O–H groups in total. The first kappa shape index (κ1) is 79.1. The number of esters is 1. The maximum absolute atomic E-state index is 12.6. The molecule has 1 amide bonds. The molecule has 2 unspecified atom stereocenters. The molecule has 0 aliphatic carbocycles. The monoisotopic (exact) mass is 1140 g/mol. The van der Waals surface area contributed by atoms with E-state index in [0.29, 0.717) is 25.9 Å². The van der Waals surface area contributed by atoms with Gasteiger partial charge in [0.05, 0.1) is 25.4 Å². The topological polar surface area (TPSA) is 95.9 Å². The lowest BCUT2D eigenvalue weighted by Crippen LogP contribution is -2.45. The first-order chi connectivity index (χ1) is 40.0. The Labute approximate surface area is 506 Å². The zero-order chi connectivity index (χ0) is 58.5. The van der Waals surface area contributed by atoms with Crippen molar-refractivity contribution in [2.75, 3.05) is 13.2 Å². The second-order valence-corrected chi connectivity index (χ2v) is 25.3. The number of hydrogen-bond acceptors (Lipinski definition) is 5. The summed E-state index contributed by atoms with van der Waals surface area (Å²) < 4.78 is 5.49. The Morgan fingerprint density at radius 1 is 0.346 bits per heavy atom. The smallest absolute Gasteiger partial charge is 0.305 e. The lowest BCUT2D eigenvalue weighted by molar-refractivity contribution is -0.143. The molecule has 0 fully saturated rings. The number of allylic oxidation sites excluding steroid dienone is 6. The lowest BCUT2D eigenvalue weighted by Gasteiger charge is -2.22. The number of carbonyl (C=O) groups is 2. The molecule has 0 saturated heterocycles. The average Bonchev–Trinajstić information content (AvgIpc) is 3.47. The van der Waals surface area contributed by atoms with Gasteiger partial charge in [0, 0.05) is 12.8 Å². The summed E-state index contributed by atoms with van der Waals surface area (Å²) in [5, 5.41) is 23.4. The molecule has 6 heteroatoms. The van der Waals surface area contributed by atoms with Crippen LogP contribution < -0.4 is 5.32 Å². The van der Waals surface area contributed by atoms with Gasteiger partial charge < -0.3 is 20.3 Å². The summed E-state index contributed by atoms with van der Waals surface area (Å²) in [7, 11) is 0. The fraction of sp³-hybridized carbons (Fsp3) is 0.893. The van der Waals surface area contributed by atoms with E-state index in [1.54, 1.807) is 0 Å². The fourth-order valence-corrected chi connectivity index (χ4v) is 11.6. The van der Waals surface area contributed by atoms with Crippen LogP contribution in [-0.2, 0) is 14.3 Å². The molecule has 0 aliphatic heterocycles. The van der Waals surface area contributed by atoms with E-state index in [1.165, 1.54) is 321 Å². The molecule has 6 nitrogen and oxygen atoms in total. The molecule has 0 aromatic carbocycles. The highest BCUT2D eigenvalue weighted by Crippen LogP contribution is 2.19. The molecule has 0 bridgehead atoms. The number of ether oxygens (including phenoxy) is 1. The van der Waals surface area contributed by atoms with Gasteiger partial charge in [0.15, 0.2) is 0 Å². The molecule has 0 saturated carbocycles. The number of rotatable bonds is 69. The van der Waals surface area contributed by atoms with E-state index in [9.17, 15) is 19.8 Å². The highest BCUT2D eigenvalue weighted by Gasteiger charge is 2.20. The second-order valence-electron chi connectivity index (χ2n) is 25.3. The molecule has 0 aliphatic rings. The Morgan fingerprint density at radius 2 is 0.617 bits per heavy atom. The van der Waals surface area contributed by atoms with Gasteiger partial charge in [0.25, 0.3) is 0 Å².